The molecule has 0 saturated carbocycles. The predicted octanol–water partition coefficient (Wildman–Crippen LogP) is 2.49. The monoisotopic (exact) mass is 557 g/mol. The average Bonchev–Trinajstić information content (AvgIpc) is 3.47. The van der Waals surface area contributed by atoms with Crippen molar-refractivity contribution >= 4 is 29.1 Å². The number of anilines is 1. The Labute approximate surface area is 231 Å². The van der Waals surface area contributed by atoms with E-state index in [1.54, 1.807) is 30.3 Å². The Morgan fingerprint density at radius 3 is 2.41 bits per heavy atom. The summed E-state index contributed by atoms with van der Waals surface area (Å²) in [6.45, 7) is 0. The molecule has 12 heteroatoms. The number of carbonyl (C=O) groups is 4. The second kappa shape index (κ2) is 9.17. The molecule has 7 N–H and O–H groups in total. The van der Waals surface area contributed by atoms with Crippen molar-refractivity contribution in [3.63, 3.8) is 0 Å². The van der Waals surface area contributed by atoms with Crippen molar-refractivity contribution in [1.29, 1.82) is 0 Å². The van der Waals surface area contributed by atoms with E-state index in [0.29, 0.717) is 22.4 Å². The fourth-order valence-electron chi connectivity index (χ4n) is 6.15. The second-order valence-electron chi connectivity index (χ2n) is 10.3. The third-order valence-electron chi connectivity index (χ3n) is 8.06. The average molecular weight is 558 g/mol. The molecule has 3 aromatic rings. The van der Waals surface area contributed by atoms with Gasteiger partial charge >= 0.3 is 0 Å². The SMILES string of the molecule is NC(=O)C1=C(O)C[C@@H]2C[C@@H]3Cc4c(-c5ccc(NC(=O)c6ccno6)cc5)ccc(O)c4C(=O)C3=C(O)[C@]2(O)C1=O. The first-order valence-corrected chi connectivity index (χ1v) is 12.7. The maximum absolute atomic E-state index is 13.7. The number of primary amides is 1. The zero-order chi connectivity index (χ0) is 29.2. The molecule has 0 bridgehead atoms. The first-order chi connectivity index (χ1) is 19.5. The van der Waals surface area contributed by atoms with Gasteiger partial charge in [-0.25, -0.2) is 0 Å². The molecule has 12 nitrogen and oxygen atoms in total. The Hall–Kier alpha value is -5.23. The molecule has 6 rings (SSSR count). The Balaban J connectivity index is 1.38. The number of aliphatic hydroxyl groups is 3. The van der Waals surface area contributed by atoms with Gasteiger partial charge in [-0.1, -0.05) is 23.4 Å². The number of nitrogens with zero attached hydrogens (tertiary/aromatic N) is 1. The summed E-state index contributed by atoms with van der Waals surface area (Å²) in [7, 11) is 0. The van der Waals surface area contributed by atoms with E-state index in [-0.39, 0.29) is 41.9 Å². The van der Waals surface area contributed by atoms with Gasteiger partial charge in [-0.05, 0) is 53.6 Å². The molecule has 2 aromatic carbocycles. The summed E-state index contributed by atoms with van der Waals surface area (Å²) in [5, 5.41) is 49.7. The molecule has 3 atom stereocenters. The van der Waals surface area contributed by atoms with Crippen LogP contribution in [0.3, 0.4) is 0 Å². The fraction of sp³-hybridized carbons (Fsp3) is 0.207. The number of amides is 2. The number of benzene rings is 2. The first-order valence-electron chi connectivity index (χ1n) is 12.7. The molecule has 0 spiro atoms. The van der Waals surface area contributed by atoms with Crippen LogP contribution in [0.2, 0.25) is 0 Å². The zero-order valence-corrected chi connectivity index (χ0v) is 21.2. The van der Waals surface area contributed by atoms with Crippen LogP contribution < -0.4 is 11.1 Å². The lowest BCUT2D eigenvalue weighted by Crippen LogP contribution is -2.57. The van der Waals surface area contributed by atoms with E-state index in [2.05, 4.69) is 10.5 Å². The molecule has 0 radical (unpaired) electrons. The van der Waals surface area contributed by atoms with Gasteiger partial charge in [0.2, 0.25) is 11.5 Å². The number of phenolic OH excluding ortho intramolecular Hbond substituents is 1. The predicted molar refractivity (Wildman–Crippen MR) is 141 cm³/mol. The molecule has 0 fully saturated rings. The van der Waals surface area contributed by atoms with Crippen LogP contribution >= 0.6 is 0 Å². The van der Waals surface area contributed by atoms with Crippen LogP contribution in [0, 0.1) is 11.8 Å². The molecular formula is C29H23N3O9. The second-order valence-corrected chi connectivity index (χ2v) is 10.3. The molecule has 2 amide bonds. The van der Waals surface area contributed by atoms with Crippen molar-refractivity contribution in [2.45, 2.75) is 24.9 Å². The summed E-state index contributed by atoms with van der Waals surface area (Å²) < 4.78 is 4.85. The highest BCUT2D eigenvalue weighted by Gasteiger charge is 2.59. The Kier molecular flexibility index (Phi) is 5.82. The van der Waals surface area contributed by atoms with Crippen molar-refractivity contribution in [2.75, 3.05) is 5.32 Å². The molecule has 0 saturated heterocycles. The van der Waals surface area contributed by atoms with E-state index in [4.69, 9.17) is 10.3 Å². The number of fused-ring (bicyclic) bond motifs is 3. The maximum Gasteiger partial charge on any atom is 0.294 e. The van der Waals surface area contributed by atoms with Gasteiger partial charge < -0.3 is 36.0 Å². The van der Waals surface area contributed by atoms with E-state index < -0.39 is 57.9 Å². The van der Waals surface area contributed by atoms with Gasteiger partial charge in [0.05, 0.1) is 11.8 Å². The number of aliphatic hydroxyl groups excluding tert-OH is 2. The lowest BCUT2D eigenvalue weighted by Gasteiger charge is -2.45. The molecule has 1 heterocycles. The summed E-state index contributed by atoms with van der Waals surface area (Å²) in [4.78, 5) is 50.9. The van der Waals surface area contributed by atoms with Crippen molar-refractivity contribution in [3.8, 4) is 16.9 Å². The lowest BCUT2D eigenvalue weighted by molar-refractivity contribution is -0.144. The number of phenols is 1. The van der Waals surface area contributed by atoms with Crippen LogP contribution in [0.15, 0.2) is 75.8 Å². The molecule has 41 heavy (non-hydrogen) atoms. The third kappa shape index (κ3) is 3.83. The minimum Gasteiger partial charge on any atom is -0.511 e. The first kappa shape index (κ1) is 26.0. The molecule has 0 unspecified atom stereocenters. The highest BCUT2D eigenvalue weighted by molar-refractivity contribution is 6.24. The zero-order valence-electron chi connectivity index (χ0n) is 21.2. The number of nitrogens with two attached hydrogens (primary N) is 1. The molecule has 3 aliphatic rings. The number of nitrogens with one attached hydrogen (secondary N) is 1. The van der Waals surface area contributed by atoms with Gasteiger partial charge in [-0.15, -0.1) is 0 Å². The van der Waals surface area contributed by atoms with Gasteiger partial charge in [0.25, 0.3) is 11.8 Å². The highest BCUT2D eigenvalue weighted by Crippen LogP contribution is 2.52. The number of hydrogen-bond acceptors (Lipinski definition) is 10. The van der Waals surface area contributed by atoms with E-state index in [0.717, 1.165) is 0 Å². The Bertz CT molecular complexity index is 1720. The number of rotatable bonds is 4. The van der Waals surface area contributed by atoms with Crippen molar-refractivity contribution in [1.82, 2.24) is 5.16 Å². The minimum atomic E-state index is -2.62. The topological polar surface area (TPSA) is 213 Å². The number of aromatic nitrogens is 1. The maximum atomic E-state index is 13.7. The van der Waals surface area contributed by atoms with Crippen LogP contribution in [-0.2, 0) is 16.0 Å². The molecule has 0 aliphatic heterocycles. The number of carbonyl (C=O) groups excluding carboxylic acids is 4. The minimum absolute atomic E-state index is 0.0324. The normalized spacial score (nSPS) is 23.5. The summed E-state index contributed by atoms with van der Waals surface area (Å²) in [6, 6.07) is 11.2. The molecule has 3 aliphatic carbocycles. The van der Waals surface area contributed by atoms with Crippen LogP contribution in [0.5, 0.6) is 5.75 Å². The Morgan fingerprint density at radius 1 is 1.02 bits per heavy atom. The lowest BCUT2D eigenvalue weighted by atomic mass is 9.60. The van der Waals surface area contributed by atoms with Gasteiger partial charge in [0, 0.05) is 29.7 Å². The largest absolute Gasteiger partial charge is 0.511 e. The number of aromatic hydroxyl groups is 1. The van der Waals surface area contributed by atoms with Gasteiger partial charge in [0.1, 0.15) is 22.8 Å². The fourth-order valence-corrected chi connectivity index (χ4v) is 6.15. The van der Waals surface area contributed by atoms with Crippen molar-refractivity contribution in [3.05, 3.63) is 88.2 Å². The highest BCUT2D eigenvalue weighted by atomic mass is 16.5. The van der Waals surface area contributed by atoms with Crippen LogP contribution in [0.4, 0.5) is 5.69 Å². The molecular weight excluding hydrogens is 534 g/mol. The summed E-state index contributed by atoms with van der Waals surface area (Å²) >= 11 is 0. The van der Waals surface area contributed by atoms with E-state index >= 15 is 0 Å². The smallest absolute Gasteiger partial charge is 0.294 e. The van der Waals surface area contributed by atoms with Crippen molar-refractivity contribution in [2.24, 2.45) is 17.6 Å². The molecule has 208 valence electrons. The van der Waals surface area contributed by atoms with Crippen LogP contribution in [0.1, 0.15) is 39.3 Å². The number of Topliss-reactive ketones (excluding diaryl/α,β-unsaturated/α-hetero) is 2. The standard InChI is InChI=1S/C29H23N3O9/c30-27(38)23-19(34)11-14-9-13-10-17-16(12-1-3-15(4-2-12)32-28(39)20-7-8-31-41-20)5-6-18(33)22(17)24(35)21(13)25(36)29(14,40)26(23)37/h1-8,13-14,33-34,36,40H,9-11H2,(H2,30,38)(H,32,39)/t13-,14+,29+/m1/s1. The van der Waals surface area contributed by atoms with E-state index in [1.807, 2.05) is 0 Å². The van der Waals surface area contributed by atoms with E-state index in [1.165, 1.54) is 18.3 Å². The quantitative estimate of drug-likeness (QED) is 0.258. The summed E-state index contributed by atoms with van der Waals surface area (Å²) in [6.07, 6.45) is 1.25. The van der Waals surface area contributed by atoms with E-state index in [9.17, 15) is 39.6 Å². The third-order valence-corrected chi connectivity index (χ3v) is 8.06. The summed E-state index contributed by atoms with van der Waals surface area (Å²) in [5.41, 5.74) is 3.76. The van der Waals surface area contributed by atoms with Gasteiger partial charge in [-0.3, -0.25) is 19.2 Å². The van der Waals surface area contributed by atoms with Gasteiger partial charge in [0.15, 0.2) is 11.4 Å². The van der Waals surface area contributed by atoms with Gasteiger partial charge in [-0.2, -0.15) is 0 Å². The van der Waals surface area contributed by atoms with Crippen molar-refractivity contribution < 1.29 is 44.1 Å². The van der Waals surface area contributed by atoms with Crippen LogP contribution in [-0.4, -0.2) is 54.6 Å². The Morgan fingerprint density at radius 2 is 1.76 bits per heavy atom. The number of hydrogen-bond donors (Lipinski definition) is 6. The number of allylic oxidation sites excluding steroid dienone is 2. The summed E-state index contributed by atoms with van der Waals surface area (Å²) in [5.74, 6) is -7.23. The number of ketones is 2. The van der Waals surface area contributed by atoms with Crippen LogP contribution in [0.25, 0.3) is 11.1 Å². The molecule has 1 aromatic heterocycles.